The second-order valence-electron chi connectivity index (χ2n) is 7.04. The molecule has 8 heteroatoms. The number of carbonyl (C=O) groups excluding carboxylic acids is 2. The fraction of sp³-hybridized carbons (Fsp3) is 0.529. The Hall–Kier alpha value is -2.25. The van der Waals surface area contributed by atoms with Crippen molar-refractivity contribution < 1.29 is 32.6 Å². The molecule has 0 unspecified atom stereocenters. The van der Waals surface area contributed by atoms with E-state index in [1.54, 1.807) is 20.8 Å². The number of benzene rings is 1. The zero-order valence-electron chi connectivity index (χ0n) is 14.1. The van der Waals surface area contributed by atoms with E-state index in [4.69, 9.17) is 4.74 Å². The summed E-state index contributed by atoms with van der Waals surface area (Å²) in [4.78, 5) is 24.8. The second kappa shape index (κ2) is 6.57. The lowest BCUT2D eigenvalue weighted by Gasteiger charge is -2.24. The first kappa shape index (κ1) is 19.1. The van der Waals surface area contributed by atoms with Crippen LogP contribution in [0.2, 0.25) is 0 Å². The summed E-state index contributed by atoms with van der Waals surface area (Å²) in [5.41, 5.74) is -1.14. The highest BCUT2D eigenvalue weighted by molar-refractivity contribution is 5.74. The van der Waals surface area contributed by atoms with Crippen LogP contribution in [0.4, 0.5) is 18.0 Å². The second-order valence-corrected chi connectivity index (χ2v) is 7.04. The van der Waals surface area contributed by atoms with Gasteiger partial charge < -0.3 is 19.5 Å². The lowest BCUT2D eigenvalue weighted by atomic mass is 9.88. The van der Waals surface area contributed by atoms with Gasteiger partial charge in [0.25, 0.3) is 0 Å². The van der Waals surface area contributed by atoms with Crippen LogP contribution in [0.15, 0.2) is 24.3 Å². The Bertz CT molecular complexity index is 649. The number of aliphatic carboxylic acids is 1. The highest BCUT2D eigenvalue weighted by atomic mass is 19.4. The number of halogens is 3. The van der Waals surface area contributed by atoms with Crippen molar-refractivity contribution in [3.63, 3.8) is 0 Å². The van der Waals surface area contributed by atoms with Gasteiger partial charge in [-0.1, -0.05) is 12.1 Å². The molecule has 25 heavy (non-hydrogen) atoms. The molecule has 1 aliphatic rings. The molecule has 1 aliphatic heterocycles. The molecular formula is C17H19F3NO4-. The van der Waals surface area contributed by atoms with Gasteiger partial charge >= 0.3 is 12.3 Å². The first-order valence-corrected chi connectivity index (χ1v) is 7.74. The van der Waals surface area contributed by atoms with E-state index in [9.17, 15) is 27.9 Å². The topological polar surface area (TPSA) is 69.7 Å². The average Bonchev–Trinajstić information content (AvgIpc) is 2.90. The lowest BCUT2D eigenvalue weighted by Crippen LogP contribution is -2.38. The average molecular weight is 358 g/mol. The Kier molecular flexibility index (Phi) is 5.02. The van der Waals surface area contributed by atoms with Crippen LogP contribution in [0, 0.1) is 5.92 Å². The molecule has 0 spiro atoms. The number of ether oxygens (including phenoxy) is 1. The maximum Gasteiger partial charge on any atom is 0.416 e. The van der Waals surface area contributed by atoms with E-state index >= 15 is 0 Å². The summed E-state index contributed by atoms with van der Waals surface area (Å²) in [6.45, 7) is 4.99. The van der Waals surface area contributed by atoms with Crippen LogP contribution < -0.4 is 5.11 Å². The van der Waals surface area contributed by atoms with Gasteiger partial charge in [0.2, 0.25) is 0 Å². The van der Waals surface area contributed by atoms with Crippen LogP contribution in [-0.4, -0.2) is 35.7 Å². The summed E-state index contributed by atoms with van der Waals surface area (Å²) < 4.78 is 43.2. The molecule has 0 saturated carbocycles. The van der Waals surface area contributed by atoms with Crippen LogP contribution in [-0.2, 0) is 15.7 Å². The van der Waals surface area contributed by atoms with Crippen molar-refractivity contribution in [3.05, 3.63) is 35.4 Å². The monoisotopic (exact) mass is 358 g/mol. The number of carbonyl (C=O) groups is 2. The predicted molar refractivity (Wildman–Crippen MR) is 80.5 cm³/mol. The van der Waals surface area contributed by atoms with Crippen LogP contribution in [0.5, 0.6) is 0 Å². The Morgan fingerprint density at radius 1 is 1.12 bits per heavy atom. The van der Waals surface area contributed by atoms with Crippen molar-refractivity contribution in [2.45, 2.75) is 38.5 Å². The number of amides is 1. The van der Waals surface area contributed by atoms with Gasteiger partial charge in [0.05, 0.1) is 5.56 Å². The summed E-state index contributed by atoms with van der Waals surface area (Å²) in [6.07, 6.45) is -5.13. The molecule has 0 aromatic heterocycles. The number of hydrogen-bond acceptors (Lipinski definition) is 4. The first-order valence-electron chi connectivity index (χ1n) is 7.74. The minimum atomic E-state index is -4.47. The summed E-state index contributed by atoms with van der Waals surface area (Å²) in [7, 11) is 0. The Morgan fingerprint density at radius 2 is 1.68 bits per heavy atom. The summed E-state index contributed by atoms with van der Waals surface area (Å²) >= 11 is 0. The van der Waals surface area contributed by atoms with Crippen LogP contribution in [0.25, 0.3) is 0 Å². The van der Waals surface area contributed by atoms with E-state index in [0.29, 0.717) is 5.56 Å². The smallest absolute Gasteiger partial charge is 0.416 e. The van der Waals surface area contributed by atoms with Crippen LogP contribution in [0.1, 0.15) is 37.8 Å². The third kappa shape index (κ3) is 4.64. The van der Waals surface area contributed by atoms with E-state index in [2.05, 4.69) is 0 Å². The Balaban J connectivity index is 2.21. The fourth-order valence-corrected chi connectivity index (χ4v) is 2.78. The summed E-state index contributed by atoms with van der Waals surface area (Å²) in [5.74, 6) is -3.01. The molecule has 2 atom stereocenters. The summed E-state index contributed by atoms with van der Waals surface area (Å²) in [6, 6.07) is 4.28. The highest BCUT2D eigenvalue weighted by Gasteiger charge is 2.39. The third-order valence-corrected chi connectivity index (χ3v) is 3.94. The number of carboxylic acid groups (broad SMARTS) is 1. The molecule has 2 rings (SSSR count). The van der Waals surface area contributed by atoms with Crippen molar-refractivity contribution in [3.8, 4) is 0 Å². The zero-order chi connectivity index (χ0) is 19.0. The number of nitrogens with zero attached hydrogens (tertiary/aromatic N) is 1. The van der Waals surface area contributed by atoms with Gasteiger partial charge in [-0.15, -0.1) is 0 Å². The SMILES string of the molecule is CC(C)(C)OC(=O)N1C[C@H](C(=O)[O-])[C@@H](c2ccc(C(F)(F)F)cc2)C1. The molecule has 0 N–H and O–H groups in total. The van der Waals surface area contributed by atoms with Gasteiger partial charge in [0.15, 0.2) is 0 Å². The zero-order valence-corrected chi connectivity index (χ0v) is 14.1. The Morgan fingerprint density at radius 3 is 2.12 bits per heavy atom. The first-order chi connectivity index (χ1) is 11.4. The fourth-order valence-electron chi connectivity index (χ4n) is 2.78. The lowest BCUT2D eigenvalue weighted by molar-refractivity contribution is -0.311. The molecule has 0 aliphatic carbocycles. The van der Waals surface area contributed by atoms with Crippen LogP contribution >= 0.6 is 0 Å². The van der Waals surface area contributed by atoms with E-state index in [1.165, 1.54) is 17.0 Å². The molecule has 1 aromatic carbocycles. The molecule has 0 radical (unpaired) electrons. The molecule has 1 fully saturated rings. The van der Waals surface area contributed by atoms with Crippen molar-refractivity contribution in [2.75, 3.05) is 13.1 Å². The number of hydrogen-bond donors (Lipinski definition) is 0. The van der Waals surface area contributed by atoms with Gasteiger partial charge in [0, 0.05) is 30.9 Å². The molecule has 1 heterocycles. The maximum absolute atomic E-state index is 12.7. The van der Waals surface area contributed by atoms with E-state index in [-0.39, 0.29) is 13.1 Å². The van der Waals surface area contributed by atoms with Crippen molar-refractivity contribution in [2.24, 2.45) is 5.92 Å². The molecule has 0 bridgehead atoms. The van der Waals surface area contributed by atoms with Crippen molar-refractivity contribution in [1.29, 1.82) is 0 Å². The summed E-state index contributed by atoms with van der Waals surface area (Å²) in [5, 5.41) is 11.4. The Labute approximate surface area is 143 Å². The molecule has 1 saturated heterocycles. The van der Waals surface area contributed by atoms with E-state index < -0.39 is 41.2 Å². The number of carboxylic acids is 1. The molecule has 1 amide bonds. The highest BCUT2D eigenvalue weighted by Crippen LogP contribution is 2.35. The largest absolute Gasteiger partial charge is 0.550 e. The van der Waals surface area contributed by atoms with E-state index in [1.807, 2.05) is 0 Å². The molecular weight excluding hydrogens is 339 g/mol. The van der Waals surface area contributed by atoms with Gasteiger partial charge in [0.1, 0.15) is 5.60 Å². The van der Waals surface area contributed by atoms with E-state index in [0.717, 1.165) is 12.1 Å². The standard InChI is InChI=1S/C17H20F3NO4/c1-16(2,3)25-15(24)21-8-12(13(9-21)14(22)23)10-4-6-11(7-5-10)17(18,19)20/h4-7,12-13H,8-9H2,1-3H3,(H,22,23)/p-1/t12-,13+/m1/s1. The number of alkyl halides is 3. The number of likely N-dealkylation sites (tertiary alicyclic amines) is 1. The minimum absolute atomic E-state index is 0.0406. The quantitative estimate of drug-likeness (QED) is 0.814. The van der Waals surface area contributed by atoms with Crippen molar-refractivity contribution >= 4 is 12.1 Å². The van der Waals surface area contributed by atoms with Crippen LogP contribution in [0.3, 0.4) is 0 Å². The van der Waals surface area contributed by atoms with Gasteiger partial charge in [-0.3, -0.25) is 0 Å². The van der Waals surface area contributed by atoms with Gasteiger partial charge in [-0.25, -0.2) is 4.79 Å². The van der Waals surface area contributed by atoms with Gasteiger partial charge in [-0.2, -0.15) is 13.2 Å². The molecule has 1 aromatic rings. The van der Waals surface area contributed by atoms with Gasteiger partial charge in [-0.05, 0) is 38.5 Å². The molecule has 5 nitrogen and oxygen atoms in total. The normalized spacial score (nSPS) is 21.3. The minimum Gasteiger partial charge on any atom is -0.550 e. The third-order valence-electron chi connectivity index (χ3n) is 3.94. The maximum atomic E-state index is 12.7. The van der Waals surface area contributed by atoms with Crippen molar-refractivity contribution in [1.82, 2.24) is 4.90 Å². The number of rotatable bonds is 2. The molecule has 138 valence electrons. The predicted octanol–water partition coefficient (Wildman–Crippen LogP) is 2.41.